The zero-order chi connectivity index (χ0) is 25.3. The first kappa shape index (κ1) is 25.5. The molecule has 0 fully saturated rings. The van der Waals surface area contributed by atoms with Crippen LogP contribution in [0.5, 0.6) is 0 Å². The third kappa shape index (κ3) is 7.99. The largest absolute Gasteiger partial charge is 0.483 e. The maximum absolute atomic E-state index is 12.9. The minimum atomic E-state index is -4.39. The Morgan fingerprint density at radius 3 is 1.94 bits per heavy atom. The van der Waals surface area contributed by atoms with Crippen LogP contribution in [0.1, 0.15) is 27.8 Å². The van der Waals surface area contributed by atoms with Gasteiger partial charge < -0.3 is 20.9 Å². The van der Waals surface area contributed by atoms with Crippen molar-refractivity contribution in [2.24, 2.45) is 11.5 Å². The molecule has 0 aliphatic rings. The second kappa shape index (κ2) is 11.8. The van der Waals surface area contributed by atoms with E-state index < -0.39 is 11.7 Å². The van der Waals surface area contributed by atoms with Gasteiger partial charge in [0, 0.05) is 11.8 Å². The van der Waals surface area contributed by atoms with Crippen molar-refractivity contribution >= 4 is 6.08 Å². The van der Waals surface area contributed by atoms with Crippen LogP contribution in [0.15, 0.2) is 108 Å². The van der Waals surface area contributed by atoms with Crippen molar-refractivity contribution in [2.45, 2.75) is 26.3 Å². The average molecular weight is 481 g/mol. The normalized spacial score (nSPS) is 13.0. The van der Waals surface area contributed by atoms with Gasteiger partial charge in [-0.2, -0.15) is 13.2 Å². The van der Waals surface area contributed by atoms with Gasteiger partial charge in [0.15, 0.2) is 5.76 Å². The van der Waals surface area contributed by atoms with Crippen molar-refractivity contribution in [3.63, 3.8) is 0 Å². The number of hydrogen-bond donors (Lipinski definition) is 2. The molecule has 0 atom stereocenters. The van der Waals surface area contributed by atoms with Gasteiger partial charge in [-0.15, -0.1) is 0 Å². The quantitative estimate of drug-likeness (QED) is 0.273. The predicted octanol–water partition coefficient (Wildman–Crippen LogP) is 6.43. The Hall–Kier alpha value is -4.13. The molecule has 0 heterocycles. The molecule has 0 saturated heterocycles. The fourth-order valence-corrected chi connectivity index (χ4v) is 3.15. The van der Waals surface area contributed by atoms with Crippen LogP contribution >= 0.6 is 0 Å². The molecule has 3 aromatic rings. The SMILES string of the molecule is Cc1cc(C(F)(F)F)ccc1/C=C/C(N)=C/C(OCc1ccccc1)=C(\N)OCc1ccccc1. The highest BCUT2D eigenvalue weighted by Gasteiger charge is 2.30. The highest BCUT2D eigenvalue weighted by molar-refractivity contribution is 5.57. The molecule has 0 bridgehead atoms. The fourth-order valence-electron chi connectivity index (χ4n) is 3.15. The molecule has 0 aromatic heterocycles. The Bertz CT molecular complexity index is 1200. The number of ether oxygens (including phenoxy) is 2. The van der Waals surface area contributed by atoms with Crippen molar-refractivity contribution in [2.75, 3.05) is 0 Å². The van der Waals surface area contributed by atoms with Gasteiger partial charge in [0.25, 0.3) is 0 Å². The summed E-state index contributed by atoms with van der Waals surface area (Å²) in [5, 5.41) is 0. The number of alkyl halides is 3. The van der Waals surface area contributed by atoms with E-state index in [0.717, 1.165) is 23.3 Å². The molecule has 3 rings (SSSR count). The van der Waals surface area contributed by atoms with Gasteiger partial charge in [0.05, 0.1) is 5.56 Å². The number of allylic oxidation sites excluding steroid dienone is 2. The molecule has 0 aliphatic carbocycles. The van der Waals surface area contributed by atoms with Crippen molar-refractivity contribution in [1.29, 1.82) is 0 Å². The van der Waals surface area contributed by atoms with E-state index in [0.29, 0.717) is 16.8 Å². The summed E-state index contributed by atoms with van der Waals surface area (Å²) in [5.41, 5.74) is 14.9. The smallest absolute Gasteiger partial charge is 0.416 e. The van der Waals surface area contributed by atoms with Crippen LogP contribution in [-0.2, 0) is 28.9 Å². The van der Waals surface area contributed by atoms with E-state index in [1.165, 1.54) is 12.1 Å². The highest BCUT2D eigenvalue weighted by atomic mass is 19.4. The van der Waals surface area contributed by atoms with Crippen molar-refractivity contribution in [3.05, 3.63) is 136 Å². The number of hydrogen-bond acceptors (Lipinski definition) is 4. The minimum absolute atomic E-state index is 0.0619. The molecule has 0 saturated carbocycles. The van der Waals surface area contributed by atoms with Gasteiger partial charge in [-0.05, 0) is 47.4 Å². The second-order valence-corrected chi connectivity index (χ2v) is 7.82. The first-order chi connectivity index (χ1) is 16.7. The highest BCUT2D eigenvalue weighted by Crippen LogP contribution is 2.30. The summed E-state index contributed by atoms with van der Waals surface area (Å²) in [6.45, 7) is 2.11. The van der Waals surface area contributed by atoms with Gasteiger partial charge in [0.1, 0.15) is 13.2 Å². The number of halogens is 3. The Morgan fingerprint density at radius 1 is 0.829 bits per heavy atom. The van der Waals surface area contributed by atoms with Gasteiger partial charge in [-0.1, -0.05) is 72.8 Å². The summed E-state index contributed by atoms with van der Waals surface area (Å²) in [5.74, 6) is 0.308. The number of aryl methyl sites for hydroxylation is 1. The standard InChI is InChI=1S/C28H27F3N2O2/c1-20-16-24(28(29,30)31)14-12-23(20)13-15-25(32)17-26(34-18-21-8-4-2-5-9-21)27(33)35-19-22-10-6-3-7-11-22/h2-17H,18-19,32-33H2,1H3/b15-13+,25-17-,27-26-. The maximum atomic E-state index is 12.9. The Kier molecular flexibility index (Phi) is 8.62. The van der Waals surface area contributed by atoms with Crippen LogP contribution < -0.4 is 11.5 Å². The monoisotopic (exact) mass is 480 g/mol. The molecule has 35 heavy (non-hydrogen) atoms. The Morgan fingerprint density at radius 2 is 1.40 bits per heavy atom. The van der Waals surface area contributed by atoms with E-state index >= 15 is 0 Å². The molecule has 0 spiro atoms. The van der Waals surface area contributed by atoms with Gasteiger partial charge >= 0.3 is 6.18 Å². The zero-order valence-corrected chi connectivity index (χ0v) is 19.3. The summed E-state index contributed by atoms with van der Waals surface area (Å²) in [6, 6.07) is 22.6. The molecule has 4 nitrogen and oxygen atoms in total. The average Bonchev–Trinajstić information content (AvgIpc) is 2.85. The molecular formula is C28H27F3N2O2. The van der Waals surface area contributed by atoms with E-state index in [9.17, 15) is 13.2 Å². The number of nitrogens with two attached hydrogens (primary N) is 2. The zero-order valence-electron chi connectivity index (χ0n) is 19.3. The van der Waals surface area contributed by atoms with E-state index in [1.54, 1.807) is 19.1 Å². The minimum Gasteiger partial charge on any atom is -0.483 e. The Balaban J connectivity index is 1.79. The summed E-state index contributed by atoms with van der Waals surface area (Å²) in [7, 11) is 0. The van der Waals surface area contributed by atoms with Crippen LogP contribution in [0.3, 0.4) is 0 Å². The second-order valence-electron chi connectivity index (χ2n) is 7.82. The van der Waals surface area contributed by atoms with Crippen molar-refractivity contribution in [1.82, 2.24) is 0 Å². The summed E-state index contributed by atoms with van der Waals surface area (Å²) in [4.78, 5) is 0. The summed E-state index contributed by atoms with van der Waals surface area (Å²) >= 11 is 0. The Labute approximate surface area is 203 Å². The van der Waals surface area contributed by atoms with Crippen LogP contribution in [-0.4, -0.2) is 0 Å². The first-order valence-corrected chi connectivity index (χ1v) is 10.9. The first-order valence-electron chi connectivity index (χ1n) is 10.9. The molecule has 0 unspecified atom stereocenters. The van der Waals surface area contributed by atoms with Crippen molar-refractivity contribution < 1.29 is 22.6 Å². The maximum Gasteiger partial charge on any atom is 0.416 e. The van der Waals surface area contributed by atoms with Crippen LogP contribution in [0.4, 0.5) is 13.2 Å². The van der Waals surface area contributed by atoms with Gasteiger partial charge in [0.2, 0.25) is 5.88 Å². The van der Waals surface area contributed by atoms with Crippen LogP contribution in [0.2, 0.25) is 0 Å². The van der Waals surface area contributed by atoms with Crippen molar-refractivity contribution in [3.8, 4) is 0 Å². The molecule has 0 amide bonds. The topological polar surface area (TPSA) is 70.5 Å². The molecule has 7 heteroatoms. The molecule has 3 aromatic carbocycles. The third-order valence-electron chi connectivity index (χ3n) is 5.07. The molecule has 182 valence electrons. The van der Waals surface area contributed by atoms with Gasteiger partial charge in [-0.3, -0.25) is 0 Å². The van der Waals surface area contributed by atoms with E-state index in [2.05, 4.69) is 0 Å². The van der Waals surface area contributed by atoms with Gasteiger partial charge in [-0.25, -0.2) is 0 Å². The lowest BCUT2D eigenvalue weighted by Gasteiger charge is -2.13. The summed E-state index contributed by atoms with van der Waals surface area (Å²) in [6.07, 6.45) is 0.348. The molecule has 4 N–H and O–H groups in total. The molecule has 0 aliphatic heterocycles. The van der Waals surface area contributed by atoms with E-state index in [4.69, 9.17) is 20.9 Å². The van der Waals surface area contributed by atoms with Crippen LogP contribution in [0.25, 0.3) is 6.08 Å². The van der Waals surface area contributed by atoms with Crippen LogP contribution in [0, 0.1) is 6.92 Å². The lowest BCUT2D eigenvalue weighted by Crippen LogP contribution is -2.10. The lowest BCUT2D eigenvalue weighted by molar-refractivity contribution is -0.137. The lowest BCUT2D eigenvalue weighted by atomic mass is 10.0. The molecular weight excluding hydrogens is 453 g/mol. The fraction of sp³-hybridized carbons (Fsp3) is 0.143. The third-order valence-corrected chi connectivity index (χ3v) is 5.07. The number of benzene rings is 3. The van der Waals surface area contributed by atoms with E-state index in [-0.39, 0.29) is 24.9 Å². The van der Waals surface area contributed by atoms with E-state index in [1.807, 2.05) is 60.7 Å². The predicted molar refractivity (Wildman–Crippen MR) is 131 cm³/mol. The summed E-state index contributed by atoms with van der Waals surface area (Å²) < 4.78 is 50.3. The molecule has 0 radical (unpaired) electrons. The number of rotatable bonds is 9.